The number of rotatable bonds is 4. The molecule has 0 aliphatic carbocycles. The van der Waals surface area contributed by atoms with E-state index < -0.39 is 15.6 Å². The Balaban J connectivity index is 2.12. The van der Waals surface area contributed by atoms with Crippen LogP contribution in [-0.4, -0.2) is 38.4 Å². The van der Waals surface area contributed by atoms with Gasteiger partial charge in [0.15, 0.2) is 0 Å². The van der Waals surface area contributed by atoms with Crippen molar-refractivity contribution in [3.05, 3.63) is 15.8 Å². The maximum absolute atomic E-state index is 12.2. The lowest BCUT2D eigenvalue weighted by molar-refractivity contribution is -0.0228. The predicted octanol–water partition coefficient (Wildman–Crippen LogP) is 1.18. The second-order valence-electron chi connectivity index (χ2n) is 4.97. The van der Waals surface area contributed by atoms with E-state index in [1.807, 2.05) is 6.92 Å². The first kappa shape index (κ1) is 14.9. The molecular weight excluding hydrogens is 286 g/mol. The normalized spacial score (nSPS) is 27.9. The number of hydrogen-bond acceptors (Lipinski definition) is 5. The number of nitrogens with one attached hydrogen (secondary N) is 1. The summed E-state index contributed by atoms with van der Waals surface area (Å²) in [5.41, 5.74) is -1.12. The second-order valence-corrected chi connectivity index (χ2v) is 8.16. The average molecular weight is 305 g/mol. The number of aryl methyl sites for hydroxylation is 2. The minimum Gasteiger partial charge on any atom is -0.386 e. The van der Waals surface area contributed by atoms with Crippen molar-refractivity contribution in [3.63, 3.8) is 0 Å². The zero-order chi connectivity index (χ0) is 14.3. The van der Waals surface area contributed by atoms with Gasteiger partial charge in [-0.1, -0.05) is 0 Å². The van der Waals surface area contributed by atoms with E-state index in [4.69, 9.17) is 4.74 Å². The monoisotopic (exact) mass is 305 g/mol. The molecule has 2 atom stereocenters. The third-order valence-corrected chi connectivity index (χ3v) is 6.14. The van der Waals surface area contributed by atoms with Gasteiger partial charge in [-0.15, -0.1) is 11.3 Å². The van der Waals surface area contributed by atoms with Crippen LogP contribution in [-0.2, 0) is 14.8 Å². The Morgan fingerprint density at radius 3 is 2.74 bits per heavy atom. The molecular formula is C12H19NO4S2. The summed E-state index contributed by atoms with van der Waals surface area (Å²) in [4.78, 5) is 2.01. The average Bonchev–Trinajstić information content (AvgIpc) is 2.82. The molecule has 0 spiro atoms. The van der Waals surface area contributed by atoms with E-state index in [9.17, 15) is 13.5 Å². The molecule has 1 aromatic heterocycles. The van der Waals surface area contributed by atoms with E-state index in [0.29, 0.717) is 17.9 Å². The SMILES string of the molecule is Cc1cc(S(=O)(=O)NCC2(O)CCOC2C)c(C)s1. The summed E-state index contributed by atoms with van der Waals surface area (Å²) >= 11 is 1.45. The smallest absolute Gasteiger partial charge is 0.241 e. The quantitative estimate of drug-likeness (QED) is 0.876. The van der Waals surface area contributed by atoms with Crippen LogP contribution in [0.4, 0.5) is 0 Å². The molecule has 108 valence electrons. The molecule has 0 radical (unpaired) electrons. The summed E-state index contributed by atoms with van der Waals surface area (Å²) in [7, 11) is -3.57. The van der Waals surface area contributed by atoms with Crippen molar-refractivity contribution >= 4 is 21.4 Å². The summed E-state index contributed by atoms with van der Waals surface area (Å²) in [5.74, 6) is 0. The largest absolute Gasteiger partial charge is 0.386 e. The minimum absolute atomic E-state index is 0.0230. The number of thiophene rings is 1. The van der Waals surface area contributed by atoms with Crippen LogP contribution in [0.1, 0.15) is 23.1 Å². The van der Waals surface area contributed by atoms with Gasteiger partial charge in [-0.2, -0.15) is 0 Å². The first-order chi connectivity index (χ1) is 8.74. The molecule has 1 aromatic rings. The van der Waals surface area contributed by atoms with Crippen molar-refractivity contribution in [3.8, 4) is 0 Å². The van der Waals surface area contributed by atoms with Crippen LogP contribution in [0.5, 0.6) is 0 Å². The fraction of sp³-hybridized carbons (Fsp3) is 0.667. The van der Waals surface area contributed by atoms with Crippen LogP contribution in [0.3, 0.4) is 0 Å². The number of aliphatic hydroxyl groups is 1. The Labute approximate surface area is 117 Å². The molecule has 2 rings (SSSR count). The van der Waals surface area contributed by atoms with Gasteiger partial charge in [0.05, 0.1) is 11.0 Å². The minimum atomic E-state index is -3.57. The van der Waals surface area contributed by atoms with Crippen LogP contribution >= 0.6 is 11.3 Å². The van der Waals surface area contributed by atoms with Gasteiger partial charge < -0.3 is 9.84 Å². The first-order valence-electron chi connectivity index (χ1n) is 6.15. The first-order valence-corrected chi connectivity index (χ1v) is 8.45. The molecule has 2 unspecified atom stereocenters. The summed E-state index contributed by atoms with van der Waals surface area (Å²) < 4.78 is 32.2. The van der Waals surface area contributed by atoms with Gasteiger partial charge in [0.25, 0.3) is 0 Å². The van der Waals surface area contributed by atoms with Crippen LogP contribution in [0.2, 0.25) is 0 Å². The highest BCUT2D eigenvalue weighted by Crippen LogP contribution is 2.27. The molecule has 0 bridgehead atoms. The van der Waals surface area contributed by atoms with Crippen molar-refractivity contribution in [1.82, 2.24) is 4.72 Å². The van der Waals surface area contributed by atoms with Gasteiger partial charge in [0, 0.05) is 29.3 Å². The summed E-state index contributed by atoms with van der Waals surface area (Å²) in [5, 5.41) is 10.3. The van der Waals surface area contributed by atoms with Gasteiger partial charge in [-0.25, -0.2) is 13.1 Å². The van der Waals surface area contributed by atoms with Crippen LogP contribution in [0.25, 0.3) is 0 Å². The lowest BCUT2D eigenvalue weighted by Gasteiger charge is -2.26. The highest BCUT2D eigenvalue weighted by Gasteiger charge is 2.40. The zero-order valence-corrected chi connectivity index (χ0v) is 12.9. The molecule has 1 saturated heterocycles. The Kier molecular flexibility index (Phi) is 4.04. The number of sulfonamides is 1. The van der Waals surface area contributed by atoms with Crippen LogP contribution in [0.15, 0.2) is 11.0 Å². The molecule has 0 saturated carbocycles. The van der Waals surface area contributed by atoms with Crippen molar-refractivity contribution in [2.24, 2.45) is 0 Å². The third kappa shape index (κ3) is 3.00. The molecule has 19 heavy (non-hydrogen) atoms. The fourth-order valence-corrected chi connectivity index (χ4v) is 4.83. The zero-order valence-electron chi connectivity index (χ0n) is 11.3. The Morgan fingerprint density at radius 2 is 2.26 bits per heavy atom. The maximum atomic E-state index is 12.2. The molecule has 0 aromatic carbocycles. The molecule has 2 heterocycles. The molecule has 1 fully saturated rings. The van der Waals surface area contributed by atoms with Gasteiger partial charge >= 0.3 is 0 Å². The van der Waals surface area contributed by atoms with E-state index in [1.165, 1.54) is 11.3 Å². The highest BCUT2D eigenvalue weighted by molar-refractivity contribution is 7.89. The van der Waals surface area contributed by atoms with E-state index in [1.54, 1.807) is 19.9 Å². The topological polar surface area (TPSA) is 75.6 Å². The summed E-state index contributed by atoms with van der Waals surface area (Å²) in [6, 6.07) is 1.65. The van der Waals surface area contributed by atoms with E-state index in [0.717, 1.165) is 9.75 Å². The Hall–Kier alpha value is -0.470. The number of ether oxygens (including phenoxy) is 1. The molecule has 7 heteroatoms. The lowest BCUT2D eigenvalue weighted by atomic mass is 9.97. The molecule has 0 amide bonds. The van der Waals surface area contributed by atoms with Crippen molar-refractivity contribution < 1.29 is 18.3 Å². The third-order valence-electron chi connectivity index (χ3n) is 3.51. The Morgan fingerprint density at radius 1 is 1.58 bits per heavy atom. The molecule has 2 N–H and O–H groups in total. The standard InChI is InChI=1S/C12H19NO4S2/c1-8-6-11(9(2)18-8)19(15,16)13-7-12(14)4-5-17-10(12)3/h6,10,13-14H,4-5,7H2,1-3H3. The molecule has 1 aliphatic heterocycles. The Bertz CT molecular complexity index is 566. The highest BCUT2D eigenvalue weighted by atomic mass is 32.2. The second kappa shape index (κ2) is 5.14. The van der Waals surface area contributed by atoms with Crippen molar-refractivity contribution in [1.29, 1.82) is 0 Å². The van der Waals surface area contributed by atoms with Gasteiger partial charge in [0.1, 0.15) is 5.60 Å². The molecule has 1 aliphatic rings. The van der Waals surface area contributed by atoms with E-state index >= 15 is 0 Å². The van der Waals surface area contributed by atoms with Gasteiger partial charge in [-0.05, 0) is 26.8 Å². The van der Waals surface area contributed by atoms with Gasteiger partial charge in [0.2, 0.25) is 10.0 Å². The fourth-order valence-electron chi connectivity index (χ4n) is 2.17. The molecule has 5 nitrogen and oxygen atoms in total. The van der Waals surface area contributed by atoms with E-state index in [-0.39, 0.29) is 12.6 Å². The van der Waals surface area contributed by atoms with Gasteiger partial charge in [-0.3, -0.25) is 0 Å². The van der Waals surface area contributed by atoms with Crippen LogP contribution in [0, 0.1) is 13.8 Å². The lowest BCUT2D eigenvalue weighted by Crippen LogP contribution is -2.47. The maximum Gasteiger partial charge on any atom is 0.241 e. The predicted molar refractivity (Wildman–Crippen MR) is 74.0 cm³/mol. The van der Waals surface area contributed by atoms with E-state index in [2.05, 4.69) is 4.72 Å². The van der Waals surface area contributed by atoms with Crippen molar-refractivity contribution in [2.45, 2.75) is 43.8 Å². The van der Waals surface area contributed by atoms with Crippen molar-refractivity contribution in [2.75, 3.05) is 13.2 Å². The summed E-state index contributed by atoms with van der Waals surface area (Å²) in [6.07, 6.45) is 0.0822. The summed E-state index contributed by atoms with van der Waals surface area (Å²) in [6.45, 7) is 5.83. The van der Waals surface area contributed by atoms with Crippen LogP contribution < -0.4 is 4.72 Å². The number of hydrogen-bond donors (Lipinski definition) is 2.